The van der Waals surface area contributed by atoms with E-state index in [-0.39, 0.29) is 0 Å². The first-order valence-corrected chi connectivity index (χ1v) is 7.14. The molecular formula is C12H23BrN4. The molecule has 1 rings (SSSR count). The molecule has 0 radical (unpaired) electrons. The lowest BCUT2D eigenvalue weighted by Crippen LogP contribution is -2.25. The second-order valence-corrected chi connectivity index (χ2v) is 5.62. The van der Waals surface area contributed by atoms with Gasteiger partial charge in [-0.25, -0.2) is 4.68 Å². The third-order valence-corrected chi connectivity index (χ3v) is 3.40. The van der Waals surface area contributed by atoms with Crippen molar-refractivity contribution in [1.29, 1.82) is 0 Å². The van der Waals surface area contributed by atoms with E-state index < -0.39 is 0 Å². The predicted molar refractivity (Wildman–Crippen MR) is 73.8 cm³/mol. The number of aryl methyl sites for hydroxylation is 1. The van der Waals surface area contributed by atoms with Crippen molar-refractivity contribution in [3.63, 3.8) is 0 Å². The summed E-state index contributed by atoms with van der Waals surface area (Å²) in [6, 6.07) is 0.340. The molecule has 0 fully saturated rings. The summed E-state index contributed by atoms with van der Waals surface area (Å²) in [5.74, 6) is 0.723. The smallest absolute Gasteiger partial charge is 0.153 e. The summed E-state index contributed by atoms with van der Waals surface area (Å²) in [5, 5.41) is 11.7. The summed E-state index contributed by atoms with van der Waals surface area (Å²) < 4.78 is 2.72. The number of nitrogens with zero attached hydrogens (tertiary/aromatic N) is 3. The van der Waals surface area contributed by atoms with Crippen LogP contribution < -0.4 is 5.32 Å². The van der Waals surface area contributed by atoms with E-state index in [1.54, 1.807) is 0 Å². The lowest BCUT2D eigenvalue weighted by molar-refractivity contribution is 0.420. The summed E-state index contributed by atoms with van der Waals surface area (Å²) in [4.78, 5) is 0. The maximum Gasteiger partial charge on any atom is 0.153 e. The summed E-state index contributed by atoms with van der Waals surface area (Å²) >= 11 is 3.48. The van der Waals surface area contributed by atoms with Gasteiger partial charge in [0, 0.05) is 7.05 Å². The maximum atomic E-state index is 4.06. The Hall–Kier alpha value is -0.420. The second-order valence-electron chi connectivity index (χ2n) is 4.87. The van der Waals surface area contributed by atoms with Gasteiger partial charge in [0.05, 0.1) is 11.7 Å². The van der Waals surface area contributed by atoms with Crippen LogP contribution in [-0.2, 0) is 7.05 Å². The molecule has 1 unspecified atom stereocenters. The third kappa shape index (κ3) is 4.39. The molecule has 0 aromatic carbocycles. The molecule has 17 heavy (non-hydrogen) atoms. The molecule has 0 saturated heterocycles. The molecule has 1 N–H and O–H groups in total. The van der Waals surface area contributed by atoms with Gasteiger partial charge < -0.3 is 5.32 Å². The van der Waals surface area contributed by atoms with E-state index in [9.17, 15) is 0 Å². The summed E-state index contributed by atoms with van der Waals surface area (Å²) in [5.41, 5.74) is 1.15. The maximum absolute atomic E-state index is 4.06. The van der Waals surface area contributed by atoms with E-state index >= 15 is 0 Å². The Labute approximate surface area is 112 Å². The SMILES string of the molecule is CCCNC(CCC(C)C)c1c(Br)nnn1C. The fourth-order valence-corrected chi connectivity index (χ4v) is 2.47. The minimum atomic E-state index is 0.340. The first-order chi connectivity index (χ1) is 8.06. The fraction of sp³-hybridized carbons (Fsp3) is 0.833. The molecule has 0 amide bonds. The van der Waals surface area contributed by atoms with Gasteiger partial charge in [-0.1, -0.05) is 26.0 Å². The molecule has 5 heteroatoms. The van der Waals surface area contributed by atoms with Crippen LogP contribution in [-0.4, -0.2) is 21.5 Å². The van der Waals surface area contributed by atoms with E-state index in [1.165, 1.54) is 6.42 Å². The molecule has 0 bridgehead atoms. The van der Waals surface area contributed by atoms with Crippen molar-refractivity contribution < 1.29 is 0 Å². The van der Waals surface area contributed by atoms with Gasteiger partial charge in [-0.3, -0.25) is 0 Å². The summed E-state index contributed by atoms with van der Waals surface area (Å²) in [7, 11) is 1.95. The van der Waals surface area contributed by atoms with Crippen LogP contribution in [0.4, 0.5) is 0 Å². The highest BCUT2D eigenvalue weighted by molar-refractivity contribution is 9.10. The Morgan fingerprint density at radius 1 is 1.35 bits per heavy atom. The number of halogens is 1. The minimum Gasteiger partial charge on any atom is -0.309 e. The average molecular weight is 303 g/mol. The van der Waals surface area contributed by atoms with Crippen molar-refractivity contribution in [3.05, 3.63) is 10.3 Å². The highest BCUT2D eigenvalue weighted by Gasteiger charge is 2.19. The zero-order valence-corrected chi connectivity index (χ0v) is 12.8. The molecule has 1 heterocycles. The highest BCUT2D eigenvalue weighted by atomic mass is 79.9. The van der Waals surface area contributed by atoms with Crippen LogP contribution in [0.2, 0.25) is 0 Å². The Balaban J connectivity index is 2.74. The summed E-state index contributed by atoms with van der Waals surface area (Å²) in [6.45, 7) is 7.73. The first-order valence-electron chi connectivity index (χ1n) is 6.34. The molecule has 98 valence electrons. The Morgan fingerprint density at radius 3 is 2.53 bits per heavy atom. The van der Waals surface area contributed by atoms with Gasteiger partial charge >= 0.3 is 0 Å². The van der Waals surface area contributed by atoms with Gasteiger partial charge in [0.2, 0.25) is 0 Å². The van der Waals surface area contributed by atoms with E-state index in [1.807, 2.05) is 11.7 Å². The van der Waals surface area contributed by atoms with Crippen LogP contribution in [0, 0.1) is 5.92 Å². The van der Waals surface area contributed by atoms with Crippen LogP contribution >= 0.6 is 15.9 Å². The van der Waals surface area contributed by atoms with Crippen LogP contribution in [0.15, 0.2) is 4.60 Å². The highest BCUT2D eigenvalue weighted by Crippen LogP contribution is 2.25. The Kier molecular flexibility index (Phi) is 6.12. The van der Waals surface area contributed by atoms with Crippen LogP contribution in [0.1, 0.15) is 51.8 Å². The molecule has 0 aliphatic carbocycles. The standard InChI is InChI=1S/C12H23BrN4/c1-5-8-14-10(7-6-9(2)3)11-12(13)15-16-17(11)4/h9-10,14H,5-8H2,1-4H3. The van der Waals surface area contributed by atoms with E-state index in [2.05, 4.69) is 52.3 Å². The lowest BCUT2D eigenvalue weighted by Gasteiger charge is -2.19. The van der Waals surface area contributed by atoms with E-state index in [0.29, 0.717) is 6.04 Å². The number of aromatic nitrogens is 3. The number of hydrogen-bond donors (Lipinski definition) is 1. The van der Waals surface area contributed by atoms with E-state index in [0.717, 1.165) is 35.6 Å². The number of nitrogens with one attached hydrogen (secondary N) is 1. The minimum absolute atomic E-state index is 0.340. The van der Waals surface area contributed by atoms with Crippen LogP contribution in [0.25, 0.3) is 0 Å². The van der Waals surface area contributed by atoms with Crippen molar-refractivity contribution in [3.8, 4) is 0 Å². The van der Waals surface area contributed by atoms with Gasteiger partial charge in [0.15, 0.2) is 4.60 Å². The van der Waals surface area contributed by atoms with Gasteiger partial charge in [0.25, 0.3) is 0 Å². The third-order valence-electron chi connectivity index (χ3n) is 2.83. The zero-order valence-electron chi connectivity index (χ0n) is 11.2. The zero-order chi connectivity index (χ0) is 12.8. The Morgan fingerprint density at radius 2 is 2.06 bits per heavy atom. The monoisotopic (exact) mass is 302 g/mol. The second kappa shape index (κ2) is 7.11. The molecular weight excluding hydrogens is 280 g/mol. The molecule has 1 atom stereocenters. The molecule has 4 nitrogen and oxygen atoms in total. The van der Waals surface area contributed by atoms with Crippen LogP contribution in [0.3, 0.4) is 0 Å². The van der Waals surface area contributed by atoms with Crippen molar-refractivity contribution >= 4 is 15.9 Å². The van der Waals surface area contributed by atoms with Gasteiger partial charge in [-0.15, -0.1) is 5.10 Å². The van der Waals surface area contributed by atoms with Crippen molar-refractivity contribution in [1.82, 2.24) is 20.3 Å². The number of rotatable bonds is 7. The van der Waals surface area contributed by atoms with E-state index in [4.69, 9.17) is 0 Å². The molecule has 0 spiro atoms. The average Bonchev–Trinajstić information content (AvgIpc) is 2.60. The quantitative estimate of drug-likeness (QED) is 0.842. The first kappa shape index (κ1) is 14.6. The Bertz CT molecular complexity index is 316. The molecule has 0 aliphatic heterocycles. The molecule has 1 aromatic heterocycles. The molecule has 1 aromatic rings. The van der Waals surface area contributed by atoms with Crippen LogP contribution in [0.5, 0.6) is 0 Å². The van der Waals surface area contributed by atoms with Gasteiger partial charge in [-0.2, -0.15) is 0 Å². The largest absolute Gasteiger partial charge is 0.309 e. The lowest BCUT2D eigenvalue weighted by atomic mass is 10.0. The normalized spacial score (nSPS) is 13.3. The van der Waals surface area contributed by atoms with Gasteiger partial charge in [-0.05, 0) is 47.7 Å². The van der Waals surface area contributed by atoms with Gasteiger partial charge in [0.1, 0.15) is 0 Å². The van der Waals surface area contributed by atoms with Crippen molar-refractivity contribution in [2.24, 2.45) is 13.0 Å². The molecule has 0 saturated carbocycles. The predicted octanol–water partition coefficient (Wildman–Crippen LogP) is 3.05. The topological polar surface area (TPSA) is 42.7 Å². The van der Waals surface area contributed by atoms with Crippen molar-refractivity contribution in [2.75, 3.05) is 6.54 Å². The summed E-state index contributed by atoms with van der Waals surface area (Å²) in [6.07, 6.45) is 3.47. The molecule has 0 aliphatic rings. The van der Waals surface area contributed by atoms with Crippen molar-refractivity contribution in [2.45, 2.75) is 46.1 Å². The fourth-order valence-electron chi connectivity index (χ4n) is 1.86. The number of hydrogen-bond acceptors (Lipinski definition) is 3.